The third-order valence-corrected chi connectivity index (χ3v) is 3.38. The minimum absolute atomic E-state index is 0.134. The van der Waals surface area contributed by atoms with Gasteiger partial charge in [-0.1, -0.05) is 65.2 Å². The molecule has 0 bridgehead atoms. The summed E-state index contributed by atoms with van der Waals surface area (Å²) in [4.78, 5) is 22.3. The Hall–Kier alpha value is -0.860. The quantitative estimate of drug-likeness (QED) is 0.420. The minimum atomic E-state index is -0.954. The molecule has 3 nitrogen and oxygen atoms in total. The van der Waals surface area contributed by atoms with Crippen molar-refractivity contribution in [3.63, 3.8) is 0 Å². The lowest BCUT2D eigenvalue weighted by Gasteiger charge is -2.09. The van der Waals surface area contributed by atoms with Crippen molar-refractivity contribution >= 4 is 11.8 Å². The number of carboxylic acids is 1. The fourth-order valence-electron chi connectivity index (χ4n) is 2.15. The molecule has 0 spiro atoms. The highest BCUT2D eigenvalue weighted by atomic mass is 16.4. The van der Waals surface area contributed by atoms with Crippen LogP contribution in [0.4, 0.5) is 0 Å². The summed E-state index contributed by atoms with van der Waals surface area (Å²) in [6.45, 7) is 3.93. The minimum Gasteiger partial charge on any atom is -0.481 e. The van der Waals surface area contributed by atoms with E-state index >= 15 is 0 Å². The zero-order valence-corrected chi connectivity index (χ0v) is 11.9. The Kier molecular flexibility index (Phi) is 10.7. The van der Waals surface area contributed by atoms with Gasteiger partial charge < -0.3 is 5.11 Å². The number of ketones is 1. The summed E-state index contributed by atoms with van der Waals surface area (Å²) in [7, 11) is 0. The first kappa shape index (κ1) is 17.1. The van der Waals surface area contributed by atoms with Gasteiger partial charge in [0.1, 0.15) is 11.7 Å². The van der Waals surface area contributed by atoms with Crippen LogP contribution in [-0.2, 0) is 9.59 Å². The van der Waals surface area contributed by atoms with Gasteiger partial charge in [-0.25, -0.2) is 0 Å². The van der Waals surface area contributed by atoms with Gasteiger partial charge in [-0.05, 0) is 6.42 Å². The first-order valence-electron chi connectivity index (χ1n) is 7.39. The number of aliphatic carboxylic acids is 1. The third kappa shape index (κ3) is 8.26. The van der Waals surface area contributed by atoms with E-state index in [0.29, 0.717) is 12.8 Å². The van der Waals surface area contributed by atoms with Crippen LogP contribution in [0.5, 0.6) is 0 Å². The monoisotopic (exact) mass is 256 g/mol. The van der Waals surface area contributed by atoms with Crippen molar-refractivity contribution in [2.75, 3.05) is 0 Å². The average molecular weight is 256 g/mol. The lowest BCUT2D eigenvalue weighted by molar-refractivity contribution is -0.146. The predicted octanol–water partition coefficient (Wildman–Crippen LogP) is 4.20. The molecule has 0 aliphatic carbocycles. The predicted molar refractivity (Wildman–Crippen MR) is 73.7 cm³/mol. The van der Waals surface area contributed by atoms with Gasteiger partial charge in [0.15, 0.2) is 0 Å². The number of carbonyl (C=O) groups is 2. The summed E-state index contributed by atoms with van der Waals surface area (Å²) in [5, 5.41) is 8.95. The molecule has 18 heavy (non-hydrogen) atoms. The van der Waals surface area contributed by atoms with Crippen molar-refractivity contribution in [1.29, 1.82) is 0 Å². The topological polar surface area (TPSA) is 54.4 Å². The Labute approximate surface area is 111 Å². The maximum absolute atomic E-state index is 11.4. The molecule has 0 aliphatic rings. The average Bonchev–Trinajstić information content (AvgIpc) is 2.35. The molecule has 0 saturated heterocycles. The second-order valence-electron chi connectivity index (χ2n) is 4.97. The van der Waals surface area contributed by atoms with E-state index in [1.54, 1.807) is 6.92 Å². The van der Waals surface area contributed by atoms with E-state index in [2.05, 4.69) is 6.92 Å². The molecule has 1 atom stereocenters. The van der Waals surface area contributed by atoms with E-state index in [0.717, 1.165) is 19.3 Å². The van der Waals surface area contributed by atoms with E-state index < -0.39 is 11.9 Å². The van der Waals surface area contributed by atoms with Crippen molar-refractivity contribution in [2.45, 2.75) is 78.1 Å². The van der Waals surface area contributed by atoms with Crippen molar-refractivity contribution in [2.24, 2.45) is 5.92 Å². The Morgan fingerprint density at radius 1 is 0.889 bits per heavy atom. The van der Waals surface area contributed by atoms with Gasteiger partial charge in [0.05, 0.1) is 0 Å². The lowest BCUT2D eigenvalue weighted by Crippen LogP contribution is -2.23. The highest BCUT2D eigenvalue weighted by molar-refractivity contribution is 5.97. The fourth-order valence-corrected chi connectivity index (χ4v) is 2.15. The second kappa shape index (κ2) is 11.2. The van der Waals surface area contributed by atoms with Crippen molar-refractivity contribution in [3.05, 3.63) is 0 Å². The number of Topliss-reactive ketones (excluding diaryl/α,β-unsaturated/α-hetero) is 1. The van der Waals surface area contributed by atoms with Gasteiger partial charge in [0.25, 0.3) is 0 Å². The Bertz CT molecular complexity index is 236. The van der Waals surface area contributed by atoms with Gasteiger partial charge in [0, 0.05) is 6.42 Å². The summed E-state index contributed by atoms with van der Waals surface area (Å²) >= 11 is 0. The molecule has 0 radical (unpaired) electrons. The van der Waals surface area contributed by atoms with Gasteiger partial charge >= 0.3 is 5.97 Å². The molecule has 0 aromatic carbocycles. The van der Waals surface area contributed by atoms with Crippen LogP contribution in [0.3, 0.4) is 0 Å². The molecule has 0 saturated carbocycles. The van der Waals surface area contributed by atoms with Gasteiger partial charge in [-0.3, -0.25) is 9.59 Å². The van der Waals surface area contributed by atoms with E-state index in [1.165, 1.54) is 32.1 Å². The zero-order chi connectivity index (χ0) is 13.8. The van der Waals surface area contributed by atoms with Crippen molar-refractivity contribution in [3.8, 4) is 0 Å². The summed E-state index contributed by atoms with van der Waals surface area (Å²) in [6, 6.07) is 0. The standard InChI is InChI=1S/C15H28O3/c1-3-5-6-7-8-9-10-11-12-13(15(17)18)14(16)4-2/h13H,3-12H2,1-2H3,(H,17,18). The summed E-state index contributed by atoms with van der Waals surface area (Å²) < 4.78 is 0. The molecule has 0 amide bonds. The highest BCUT2D eigenvalue weighted by Crippen LogP contribution is 2.15. The molecule has 0 aliphatic heterocycles. The number of hydrogen-bond donors (Lipinski definition) is 1. The number of carboxylic acid groups (broad SMARTS) is 1. The number of hydrogen-bond acceptors (Lipinski definition) is 2. The number of carbonyl (C=O) groups excluding carboxylic acids is 1. The third-order valence-electron chi connectivity index (χ3n) is 3.38. The maximum Gasteiger partial charge on any atom is 0.314 e. The molecule has 3 heteroatoms. The van der Waals surface area contributed by atoms with E-state index in [1.807, 2.05) is 0 Å². The summed E-state index contributed by atoms with van der Waals surface area (Å²) in [6.07, 6.45) is 10.3. The Morgan fingerprint density at radius 3 is 1.83 bits per heavy atom. The largest absolute Gasteiger partial charge is 0.481 e. The van der Waals surface area contributed by atoms with Crippen LogP contribution in [0.1, 0.15) is 78.1 Å². The Morgan fingerprint density at radius 2 is 1.39 bits per heavy atom. The fraction of sp³-hybridized carbons (Fsp3) is 0.867. The highest BCUT2D eigenvalue weighted by Gasteiger charge is 2.23. The van der Waals surface area contributed by atoms with Crippen molar-refractivity contribution in [1.82, 2.24) is 0 Å². The van der Waals surface area contributed by atoms with E-state index in [4.69, 9.17) is 5.11 Å². The van der Waals surface area contributed by atoms with Crippen LogP contribution in [0.2, 0.25) is 0 Å². The second-order valence-corrected chi connectivity index (χ2v) is 4.97. The zero-order valence-electron chi connectivity index (χ0n) is 11.9. The van der Waals surface area contributed by atoms with Crippen LogP contribution in [-0.4, -0.2) is 16.9 Å². The summed E-state index contributed by atoms with van der Waals surface area (Å²) in [5.41, 5.74) is 0. The van der Waals surface area contributed by atoms with Gasteiger partial charge in [-0.2, -0.15) is 0 Å². The lowest BCUT2D eigenvalue weighted by atomic mass is 9.95. The number of rotatable bonds is 12. The Balaban J connectivity index is 3.56. The molecule has 0 heterocycles. The molecular formula is C15H28O3. The molecule has 0 rings (SSSR count). The van der Waals surface area contributed by atoms with Crippen LogP contribution >= 0.6 is 0 Å². The molecule has 0 aromatic heterocycles. The number of unbranched alkanes of at least 4 members (excludes halogenated alkanes) is 7. The molecule has 106 valence electrons. The molecule has 0 aromatic rings. The first-order chi connectivity index (χ1) is 8.63. The molecule has 0 fully saturated rings. The molecular weight excluding hydrogens is 228 g/mol. The summed E-state index contributed by atoms with van der Waals surface area (Å²) in [5.74, 6) is -1.86. The van der Waals surface area contributed by atoms with Gasteiger partial charge in [0.2, 0.25) is 0 Å². The van der Waals surface area contributed by atoms with Gasteiger partial charge in [-0.15, -0.1) is 0 Å². The normalized spacial score (nSPS) is 12.3. The van der Waals surface area contributed by atoms with E-state index in [-0.39, 0.29) is 5.78 Å². The smallest absolute Gasteiger partial charge is 0.314 e. The van der Waals surface area contributed by atoms with Crippen LogP contribution < -0.4 is 0 Å². The first-order valence-corrected chi connectivity index (χ1v) is 7.39. The molecule has 1 N–H and O–H groups in total. The maximum atomic E-state index is 11.4. The van der Waals surface area contributed by atoms with Crippen LogP contribution in [0.15, 0.2) is 0 Å². The van der Waals surface area contributed by atoms with Crippen molar-refractivity contribution < 1.29 is 14.7 Å². The van der Waals surface area contributed by atoms with Crippen LogP contribution in [0, 0.1) is 5.92 Å². The van der Waals surface area contributed by atoms with Crippen LogP contribution in [0.25, 0.3) is 0 Å². The molecule has 1 unspecified atom stereocenters. The van der Waals surface area contributed by atoms with E-state index in [9.17, 15) is 9.59 Å². The SMILES string of the molecule is CCCCCCCCCCC(C(=O)O)C(=O)CC.